The second-order valence-electron chi connectivity index (χ2n) is 6.53. The van der Waals surface area contributed by atoms with Gasteiger partial charge in [-0.2, -0.15) is 13.2 Å². The van der Waals surface area contributed by atoms with Crippen LogP contribution in [0, 0.1) is 0 Å². The molecule has 0 radical (unpaired) electrons. The summed E-state index contributed by atoms with van der Waals surface area (Å²) < 4.78 is 82.9. The van der Waals surface area contributed by atoms with Crippen LogP contribution in [0.3, 0.4) is 0 Å². The zero-order valence-corrected chi connectivity index (χ0v) is 13.4. The highest BCUT2D eigenvalue weighted by Gasteiger charge is 2.82. The Bertz CT molecular complexity index is 844. The molecular formula is C18H13F6NO. The summed E-state index contributed by atoms with van der Waals surface area (Å²) >= 11 is 0. The number of benzene rings is 2. The number of hydrogen-bond acceptors (Lipinski definition) is 2. The van der Waals surface area contributed by atoms with E-state index in [1.54, 1.807) is 36.2 Å². The van der Waals surface area contributed by atoms with Gasteiger partial charge in [-0.15, -0.1) is 13.2 Å². The van der Waals surface area contributed by atoms with Gasteiger partial charge in [0.2, 0.25) is 0 Å². The number of ether oxygens (including phenoxy) is 1. The van der Waals surface area contributed by atoms with E-state index in [2.05, 4.69) is 4.74 Å². The minimum atomic E-state index is -4.89. The van der Waals surface area contributed by atoms with Crippen LogP contribution in [0.25, 0.3) is 0 Å². The summed E-state index contributed by atoms with van der Waals surface area (Å²) in [6.07, 6.45) is -9.44. The topological polar surface area (TPSA) is 12.5 Å². The second-order valence-corrected chi connectivity index (χ2v) is 6.53. The van der Waals surface area contributed by atoms with Crippen molar-refractivity contribution in [2.75, 3.05) is 11.9 Å². The van der Waals surface area contributed by atoms with Crippen molar-refractivity contribution in [2.45, 2.75) is 29.9 Å². The third kappa shape index (κ3) is 2.20. The average molecular weight is 373 g/mol. The average Bonchev–Trinajstić information content (AvgIpc) is 3.16. The Kier molecular flexibility index (Phi) is 3.33. The van der Waals surface area contributed by atoms with Gasteiger partial charge >= 0.3 is 12.5 Å². The molecule has 1 heterocycles. The van der Waals surface area contributed by atoms with E-state index in [9.17, 15) is 26.3 Å². The van der Waals surface area contributed by atoms with Crippen molar-refractivity contribution < 1.29 is 31.1 Å². The third-order valence-electron chi connectivity index (χ3n) is 5.27. The molecule has 0 saturated heterocycles. The third-order valence-corrected chi connectivity index (χ3v) is 5.27. The molecule has 0 spiro atoms. The lowest BCUT2D eigenvalue weighted by Crippen LogP contribution is -2.39. The van der Waals surface area contributed by atoms with E-state index >= 15 is 0 Å². The quantitative estimate of drug-likeness (QED) is 0.687. The van der Waals surface area contributed by atoms with E-state index in [4.69, 9.17) is 0 Å². The molecule has 0 aromatic heterocycles. The van der Waals surface area contributed by atoms with Crippen molar-refractivity contribution in [1.82, 2.24) is 0 Å². The molecule has 0 amide bonds. The molecule has 3 atom stereocenters. The summed E-state index contributed by atoms with van der Waals surface area (Å²) in [7, 11) is 1.61. The number of halogens is 6. The maximum atomic E-state index is 14.1. The molecule has 0 bridgehead atoms. The van der Waals surface area contributed by atoms with Gasteiger partial charge in [0.1, 0.15) is 11.2 Å². The summed E-state index contributed by atoms with van der Waals surface area (Å²) in [5.41, 5.74) is -0.837. The lowest BCUT2D eigenvalue weighted by atomic mass is 9.88. The lowest BCUT2D eigenvalue weighted by molar-refractivity contribution is -0.274. The first kappa shape index (κ1) is 17.1. The number of alkyl halides is 6. The predicted molar refractivity (Wildman–Crippen MR) is 82.2 cm³/mol. The first-order valence-corrected chi connectivity index (χ1v) is 7.82. The summed E-state index contributed by atoms with van der Waals surface area (Å²) in [5.74, 6) is -1.32. The number of hydrogen-bond donors (Lipinski definition) is 0. The molecule has 2 nitrogen and oxygen atoms in total. The van der Waals surface area contributed by atoms with Crippen LogP contribution in [-0.2, 0) is 5.41 Å². The largest absolute Gasteiger partial charge is 0.573 e. The summed E-state index contributed by atoms with van der Waals surface area (Å²) in [5, 5.41) is 0. The Morgan fingerprint density at radius 1 is 0.923 bits per heavy atom. The van der Waals surface area contributed by atoms with Crippen molar-refractivity contribution in [3.63, 3.8) is 0 Å². The van der Waals surface area contributed by atoms with Gasteiger partial charge in [-0.3, -0.25) is 0 Å². The van der Waals surface area contributed by atoms with Gasteiger partial charge in [-0.1, -0.05) is 30.3 Å². The molecule has 1 aliphatic carbocycles. The molecular weight excluding hydrogens is 360 g/mol. The molecule has 4 rings (SSSR count). The van der Waals surface area contributed by atoms with Crippen LogP contribution >= 0.6 is 0 Å². The molecule has 1 saturated carbocycles. The SMILES string of the molecule is CN1c2ccccc2[C@H]2[C@@H]1[C@]2(c1ccc(OC(F)(F)F)cc1)C(F)(F)F. The summed E-state index contributed by atoms with van der Waals surface area (Å²) in [6.45, 7) is 0. The van der Waals surface area contributed by atoms with Crippen LogP contribution in [0.5, 0.6) is 5.75 Å². The van der Waals surface area contributed by atoms with E-state index < -0.39 is 35.7 Å². The van der Waals surface area contributed by atoms with Crippen LogP contribution in [0.15, 0.2) is 48.5 Å². The Labute approximate surface area is 145 Å². The van der Waals surface area contributed by atoms with Gasteiger partial charge in [0.05, 0.1) is 6.04 Å². The molecule has 0 N–H and O–H groups in total. The Balaban J connectivity index is 1.76. The highest BCUT2D eigenvalue weighted by Crippen LogP contribution is 2.74. The molecule has 2 aromatic carbocycles. The van der Waals surface area contributed by atoms with E-state index in [1.807, 2.05) is 0 Å². The minimum absolute atomic E-state index is 0.0594. The fourth-order valence-electron chi connectivity index (χ4n) is 4.33. The molecule has 26 heavy (non-hydrogen) atoms. The van der Waals surface area contributed by atoms with Gasteiger partial charge in [-0.25, -0.2) is 0 Å². The van der Waals surface area contributed by atoms with Crippen LogP contribution in [0.4, 0.5) is 32.0 Å². The molecule has 0 unspecified atom stereocenters. The van der Waals surface area contributed by atoms with E-state index in [0.717, 1.165) is 30.0 Å². The molecule has 138 valence electrons. The Morgan fingerprint density at radius 3 is 2.12 bits per heavy atom. The van der Waals surface area contributed by atoms with Crippen LogP contribution in [0.1, 0.15) is 17.0 Å². The zero-order valence-electron chi connectivity index (χ0n) is 13.4. The van der Waals surface area contributed by atoms with Gasteiger partial charge in [0, 0.05) is 18.7 Å². The van der Waals surface area contributed by atoms with Crippen molar-refractivity contribution in [2.24, 2.45) is 0 Å². The predicted octanol–water partition coefficient (Wildman–Crippen LogP) is 5.00. The van der Waals surface area contributed by atoms with Crippen molar-refractivity contribution >= 4 is 5.69 Å². The fraction of sp³-hybridized carbons (Fsp3) is 0.333. The zero-order chi connectivity index (χ0) is 18.9. The molecule has 8 heteroatoms. The van der Waals surface area contributed by atoms with Crippen molar-refractivity contribution in [3.05, 3.63) is 59.7 Å². The van der Waals surface area contributed by atoms with Crippen molar-refractivity contribution in [3.8, 4) is 5.75 Å². The van der Waals surface area contributed by atoms with Crippen molar-refractivity contribution in [1.29, 1.82) is 0 Å². The smallest absolute Gasteiger partial charge is 0.406 e. The number of para-hydroxylation sites is 1. The van der Waals surface area contributed by atoms with Crippen LogP contribution in [0.2, 0.25) is 0 Å². The van der Waals surface area contributed by atoms with E-state index in [0.29, 0.717) is 5.56 Å². The number of anilines is 1. The Morgan fingerprint density at radius 2 is 1.54 bits per heavy atom. The first-order chi connectivity index (χ1) is 12.1. The van der Waals surface area contributed by atoms with Crippen LogP contribution < -0.4 is 9.64 Å². The molecule has 1 fully saturated rings. The second kappa shape index (κ2) is 5.08. The molecule has 2 aromatic rings. The highest BCUT2D eigenvalue weighted by molar-refractivity contribution is 5.72. The molecule has 1 aliphatic heterocycles. The number of nitrogens with zero attached hydrogens (tertiary/aromatic N) is 1. The maximum absolute atomic E-state index is 14.1. The van der Waals surface area contributed by atoms with E-state index in [-0.39, 0.29) is 5.56 Å². The van der Waals surface area contributed by atoms with Gasteiger partial charge < -0.3 is 9.64 Å². The highest BCUT2D eigenvalue weighted by atomic mass is 19.4. The fourth-order valence-corrected chi connectivity index (χ4v) is 4.33. The first-order valence-electron chi connectivity index (χ1n) is 7.82. The lowest BCUT2D eigenvalue weighted by Gasteiger charge is -2.29. The number of rotatable bonds is 2. The monoisotopic (exact) mass is 373 g/mol. The minimum Gasteiger partial charge on any atom is -0.406 e. The number of fused-ring (bicyclic) bond motifs is 3. The maximum Gasteiger partial charge on any atom is 0.573 e. The summed E-state index contributed by atoms with van der Waals surface area (Å²) in [6, 6.07) is 10.1. The Hall–Kier alpha value is -2.38. The molecule has 2 aliphatic rings. The van der Waals surface area contributed by atoms with Gasteiger partial charge in [-0.05, 0) is 29.3 Å². The summed E-state index contributed by atoms with van der Waals surface area (Å²) in [4.78, 5) is 1.60. The standard InChI is InChI=1S/C18H13F6NO/c1-25-13-5-3-2-4-12(13)14-15(25)16(14,17(19,20)21)10-6-8-11(9-7-10)26-18(22,23)24/h2-9,14-15H,1H3/t14-,15+,16+/m0/s1. The van der Waals surface area contributed by atoms with Gasteiger partial charge in [0.15, 0.2) is 0 Å². The normalized spacial score (nSPS) is 27.1. The van der Waals surface area contributed by atoms with E-state index in [1.165, 1.54) is 0 Å². The van der Waals surface area contributed by atoms with Gasteiger partial charge in [0.25, 0.3) is 0 Å². The van der Waals surface area contributed by atoms with Crippen LogP contribution in [-0.4, -0.2) is 25.6 Å². The number of likely N-dealkylation sites (N-methyl/N-ethyl adjacent to an activating group) is 1.